The van der Waals surface area contributed by atoms with E-state index < -0.39 is 0 Å². The minimum Gasteiger partial charge on any atom is -0.292 e. The third-order valence-electron chi connectivity index (χ3n) is 29.0. The predicted molar refractivity (Wildman–Crippen MR) is 616 cm³/mol. The standard InChI is InChI=1S/C53H34N2.C48H30N2.C38H24N4/c1-2-16-44(17-3-1)55-50-21-11-10-20-49(50)54-53(55)38-26-22-37(23-27-38)41-30-31-47-48(34-41)52(43-29-25-36-13-5-7-15-40(36)33-43)46-19-9-8-18-45(46)51(47)42-28-24-35-12-4-6-14-39(35)32-42;1-3-11-33-25-37(19-17-31(33)9-1)47-41-14-6-7-15-42(41)48(38-20-18-32-10-2-4-12-34(32)26-38)44-28-35(21-23-43(44)47)39-22-24-46(49-29-39)40-27-36-13-5-8-16-45(36)50-30-40;1-3-9-30-23-32(20-14-25(30)7-1)37-40-36(41-38(42-37)33-21-15-26-8-2-4-10-31(26)24-33)29-18-16-27(17-19-29)34-13-5-11-28-12-6-22-39-35(28)34/h1-34H;1-30H;1-24H. The zero-order chi connectivity index (χ0) is 97.2. The molecule has 0 radical (unpaired) electrons. The van der Waals surface area contributed by atoms with Crippen LogP contribution in [0.4, 0.5) is 0 Å². The average molecular weight is 1870 g/mol. The monoisotopic (exact) mass is 1870 g/mol. The number of imidazole rings is 1. The lowest BCUT2D eigenvalue weighted by Gasteiger charge is -2.19. The van der Waals surface area contributed by atoms with Crippen LogP contribution >= 0.6 is 0 Å². The van der Waals surface area contributed by atoms with Gasteiger partial charge in [0.15, 0.2) is 17.5 Å². The number of hydrogen-bond donors (Lipinski definition) is 0. The fourth-order valence-electron chi connectivity index (χ4n) is 21.7. The van der Waals surface area contributed by atoms with Crippen molar-refractivity contribution in [2.24, 2.45) is 0 Å². The van der Waals surface area contributed by atoms with Crippen LogP contribution in [-0.4, -0.2) is 39.5 Å². The number of hydrogen-bond acceptors (Lipinski definition) is 7. The molecule has 0 N–H and O–H groups in total. The van der Waals surface area contributed by atoms with Crippen LogP contribution in [0.15, 0.2) is 534 Å². The second-order valence-corrected chi connectivity index (χ2v) is 37.8. The van der Waals surface area contributed by atoms with Gasteiger partial charge in [0, 0.05) is 74.0 Å². The van der Waals surface area contributed by atoms with Gasteiger partial charge in [0.25, 0.3) is 0 Å². The van der Waals surface area contributed by atoms with Gasteiger partial charge in [0.05, 0.1) is 27.8 Å². The summed E-state index contributed by atoms with van der Waals surface area (Å²) >= 11 is 0. The van der Waals surface area contributed by atoms with Gasteiger partial charge < -0.3 is 0 Å². The quantitative estimate of drug-likeness (QED) is 0.106. The minimum atomic E-state index is 0.638. The molecule has 0 aliphatic heterocycles. The third kappa shape index (κ3) is 16.3. The van der Waals surface area contributed by atoms with Crippen LogP contribution in [0.5, 0.6) is 0 Å². The van der Waals surface area contributed by atoms with Crippen molar-refractivity contribution in [2.75, 3.05) is 0 Å². The first-order valence-corrected chi connectivity index (χ1v) is 49.9. The zero-order valence-corrected chi connectivity index (χ0v) is 79.9. The number of aromatic nitrogens is 8. The molecule has 0 bridgehead atoms. The molecule has 8 heteroatoms. The van der Waals surface area contributed by atoms with Crippen molar-refractivity contribution in [1.82, 2.24) is 39.5 Å². The van der Waals surface area contributed by atoms with Crippen LogP contribution in [-0.2, 0) is 0 Å². The number of fused-ring (bicyclic) bond motifs is 13. The number of para-hydroxylation sites is 5. The lowest BCUT2D eigenvalue weighted by Crippen LogP contribution is -2.00. The largest absolute Gasteiger partial charge is 0.292 e. The van der Waals surface area contributed by atoms with Gasteiger partial charge in [-0.1, -0.05) is 419 Å². The van der Waals surface area contributed by atoms with Crippen molar-refractivity contribution in [3.05, 3.63) is 534 Å². The molecule has 0 aliphatic rings. The summed E-state index contributed by atoms with van der Waals surface area (Å²) in [6.07, 6.45) is 5.75. The highest BCUT2D eigenvalue weighted by Crippen LogP contribution is 2.50. The summed E-state index contributed by atoms with van der Waals surface area (Å²) in [7, 11) is 0. The summed E-state index contributed by atoms with van der Waals surface area (Å²) in [5.74, 6) is 2.87. The Balaban J connectivity index is 0.000000110. The van der Waals surface area contributed by atoms with Gasteiger partial charge in [-0.15, -0.1) is 0 Å². The third-order valence-corrected chi connectivity index (χ3v) is 29.0. The van der Waals surface area contributed by atoms with Crippen molar-refractivity contribution < 1.29 is 0 Å². The van der Waals surface area contributed by atoms with Crippen molar-refractivity contribution in [1.29, 1.82) is 0 Å². The average Bonchev–Trinajstić information content (AvgIpc) is 1.41. The first-order valence-electron chi connectivity index (χ1n) is 49.9. The summed E-state index contributed by atoms with van der Waals surface area (Å²) in [4.78, 5) is 34.3. The Bertz CT molecular complexity index is 10200. The highest BCUT2D eigenvalue weighted by atomic mass is 15.1. The van der Waals surface area contributed by atoms with Crippen molar-refractivity contribution in [3.8, 4) is 140 Å². The molecule has 24 aromatic carbocycles. The molecule has 0 saturated carbocycles. The summed E-state index contributed by atoms with van der Waals surface area (Å²) in [6, 6.07) is 184. The Labute approximate surface area is 848 Å². The van der Waals surface area contributed by atoms with Gasteiger partial charge in [-0.25, -0.2) is 19.9 Å². The number of rotatable bonds is 13. The van der Waals surface area contributed by atoms with Gasteiger partial charge in [0.1, 0.15) is 5.82 Å². The maximum atomic E-state index is 5.12. The molecular formula is C139H88N8. The molecule has 0 amide bonds. The van der Waals surface area contributed by atoms with Crippen molar-refractivity contribution in [3.63, 3.8) is 0 Å². The molecule has 0 unspecified atom stereocenters. The van der Waals surface area contributed by atoms with E-state index in [1.54, 1.807) is 0 Å². The maximum absolute atomic E-state index is 5.12. The van der Waals surface area contributed by atoms with E-state index >= 15 is 0 Å². The van der Waals surface area contributed by atoms with Gasteiger partial charge >= 0.3 is 0 Å². The Hall–Kier alpha value is -19.7. The Morgan fingerprint density at radius 2 is 0.497 bits per heavy atom. The maximum Gasteiger partial charge on any atom is 0.164 e. The highest BCUT2D eigenvalue weighted by Gasteiger charge is 2.25. The molecular weight excluding hydrogens is 1780 g/mol. The summed E-state index contributed by atoms with van der Waals surface area (Å²) in [5.41, 5.74) is 27.7. The number of benzene rings is 24. The second-order valence-electron chi connectivity index (χ2n) is 37.8. The lowest BCUT2D eigenvalue weighted by atomic mass is 9.84. The molecule has 0 fully saturated rings. The molecule has 0 aliphatic carbocycles. The summed E-state index contributed by atoms with van der Waals surface area (Å²) in [6.45, 7) is 0. The minimum absolute atomic E-state index is 0.638. The molecule has 0 atom stereocenters. The predicted octanol–water partition coefficient (Wildman–Crippen LogP) is 36.6. The molecule has 0 saturated heterocycles. The molecule has 29 rings (SSSR count). The molecule has 5 heterocycles. The zero-order valence-electron chi connectivity index (χ0n) is 79.9. The Morgan fingerprint density at radius 3 is 0.973 bits per heavy atom. The van der Waals surface area contributed by atoms with Gasteiger partial charge in [0.2, 0.25) is 0 Å². The van der Waals surface area contributed by atoms with Crippen LogP contribution in [0.2, 0.25) is 0 Å². The van der Waals surface area contributed by atoms with Crippen LogP contribution in [0.3, 0.4) is 0 Å². The fraction of sp³-hybridized carbons (Fsp3) is 0. The first kappa shape index (κ1) is 86.4. The molecule has 29 aromatic rings. The summed E-state index contributed by atoms with van der Waals surface area (Å²) in [5, 5.41) is 26.8. The second kappa shape index (κ2) is 37.1. The Kier molecular flexibility index (Phi) is 21.8. The van der Waals surface area contributed by atoms with E-state index in [0.717, 1.165) is 116 Å². The highest BCUT2D eigenvalue weighted by molar-refractivity contribution is 6.25. The van der Waals surface area contributed by atoms with Gasteiger partial charge in [-0.2, -0.15) is 0 Å². The van der Waals surface area contributed by atoms with Crippen LogP contribution in [0, 0.1) is 0 Å². The molecule has 684 valence electrons. The van der Waals surface area contributed by atoms with E-state index in [-0.39, 0.29) is 0 Å². The van der Waals surface area contributed by atoms with E-state index in [0.29, 0.717) is 17.5 Å². The van der Waals surface area contributed by atoms with Gasteiger partial charge in [-0.3, -0.25) is 19.5 Å². The SMILES string of the molecule is c1ccc(-n2c(-c3ccc(-c4ccc5c(-c6ccc7ccccc7c6)c6ccccc6c(-c6ccc7ccccc7c6)c5c4)cc3)nc3ccccc32)cc1.c1ccc2cc(-c3c4ccccc4c(-c4ccc5ccccc5c4)c4cc(-c5ccc(-c6cnc7ccccc7c6)nc5)ccc34)ccc2c1.c1ccc2cc(-c3nc(-c4ccc(-c5cccc6cccnc56)cc4)nc(-c4ccc5ccccc5c4)n3)ccc2c1. The van der Waals surface area contributed by atoms with Crippen LogP contribution < -0.4 is 0 Å². The molecule has 0 spiro atoms. The van der Waals surface area contributed by atoms with E-state index in [9.17, 15) is 0 Å². The van der Waals surface area contributed by atoms with Crippen molar-refractivity contribution in [2.45, 2.75) is 0 Å². The fourth-order valence-corrected chi connectivity index (χ4v) is 21.7. The number of nitrogens with zero attached hydrogens (tertiary/aromatic N) is 8. The van der Waals surface area contributed by atoms with E-state index in [1.807, 2.05) is 42.9 Å². The topological polar surface area (TPSA) is 95.2 Å². The lowest BCUT2D eigenvalue weighted by molar-refractivity contribution is 1.08. The molecule has 5 aromatic heterocycles. The van der Waals surface area contributed by atoms with Crippen molar-refractivity contribution >= 4 is 141 Å². The first-order chi connectivity index (χ1) is 72.8. The van der Waals surface area contributed by atoms with E-state index in [2.05, 4.69) is 506 Å². The number of pyridine rings is 3. The molecule has 147 heavy (non-hydrogen) atoms. The van der Waals surface area contributed by atoms with E-state index in [4.69, 9.17) is 24.9 Å². The molecule has 8 nitrogen and oxygen atoms in total. The van der Waals surface area contributed by atoms with Crippen LogP contribution in [0.1, 0.15) is 0 Å². The van der Waals surface area contributed by atoms with Crippen LogP contribution in [0.25, 0.3) is 281 Å². The smallest absolute Gasteiger partial charge is 0.164 e. The summed E-state index contributed by atoms with van der Waals surface area (Å²) < 4.78 is 2.26. The normalized spacial score (nSPS) is 11.5. The van der Waals surface area contributed by atoms with Gasteiger partial charge in [-0.05, 0) is 272 Å². The Morgan fingerprint density at radius 1 is 0.163 bits per heavy atom. The van der Waals surface area contributed by atoms with E-state index in [1.165, 1.54) is 147 Å².